The first-order valence-electron chi connectivity index (χ1n) is 13.8. The van der Waals surface area contributed by atoms with Gasteiger partial charge in [-0.25, -0.2) is 0 Å². The maximum Gasteiger partial charge on any atom is 0.416 e. The first-order valence-corrected chi connectivity index (χ1v) is 14.7. The number of halogens is 3. The van der Waals surface area contributed by atoms with Gasteiger partial charge in [-0.3, -0.25) is 14.4 Å². The van der Waals surface area contributed by atoms with E-state index in [1.165, 1.54) is 23.9 Å². The number of nitrogens with zero attached hydrogens (tertiary/aromatic N) is 1. The molecule has 0 fully saturated rings. The zero-order valence-corrected chi connectivity index (χ0v) is 25.5. The summed E-state index contributed by atoms with van der Waals surface area (Å²) in [6, 6.07) is 27.2. The monoisotopic (exact) mass is 632 g/mol. The second-order valence-electron chi connectivity index (χ2n) is 10.2. The van der Waals surface area contributed by atoms with E-state index in [-0.39, 0.29) is 11.4 Å². The molecule has 4 rings (SSSR count). The van der Waals surface area contributed by atoms with Gasteiger partial charge in [0.15, 0.2) is 0 Å². The van der Waals surface area contributed by atoms with Gasteiger partial charge in [0.05, 0.1) is 10.8 Å². The van der Waals surface area contributed by atoms with Crippen LogP contribution in [0.25, 0.3) is 6.08 Å². The van der Waals surface area contributed by atoms with Crippen LogP contribution in [0.5, 0.6) is 0 Å². The van der Waals surface area contributed by atoms with Crippen LogP contribution in [0.3, 0.4) is 0 Å². The number of carbonyl (C=O) groups excluding carboxylic acids is 3. The fraction of sp³-hybridized carbons (Fsp3) is 0.147. The van der Waals surface area contributed by atoms with Gasteiger partial charge in [0.2, 0.25) is 5.91 Å². The van der Waals surface area contributed by atoms with Crippen LogP contribution in [0.4, 0.5) is 30.2 Å². The molecule has 0 aliphatic heterocycles. The smallest absolute Gasteiger partial charge is 0.378 e. The third kappa shape index (κ3) is 9.48. The first kappa shape index (κ1) is 32.9. The molecule has 11 heteroatoms. The number of anilines is 3. The van der Waals surface area contributed by atoms with Gasteiger partial charge in [0, 0.05) is 41.6 Å². The Morgan fingerprint density at radius 1 is 0.800 bits per heavy atom. The number of nitrogens with one attached hydrogen (secondary N) is 3. The summed E-state index contributed by atoms with van der Waals surface area (Å²) in [6.07, 6.45) is -2.95. The second kappa shape index (κ2) is 14.6. The lowest BCUT2D eigenvalue weighted by Gasteiger charge is -2.15. The molecule has 0 radical (unpaired) electrons. The predicted octanol–water partition coefficient (Wildman–Crippen LogP) is 7.30. The number of benzene rings is 4. The zero-order valence-electron chi connectivity index (χ0n) is 24.7. The zero-order chi connectivity index (χ0) is 32.6. The van der Waals surface area contributed by atoms with Crippen molar-refractivity contribution < 1.29 is 27.6 Å². The highest BCUT2D eigenvalue weighted by molar-refractivity contribution is 8.00. The lowest BCUT2D eigenvalue weighted by molar-refractivity contribution is -0.137. The molecule has 0 spiro atoms. The Morgan fingerprint density at radius 3 is 2.09 bits per heavy atom. The molecule has 0 aliphatic rings. The fourth-order valence-electron chi connectivity index (χ4n) is 4.10. The Labute approximate surface area is 263 Å². The van der Waals surface area contributed by atoms with Crippen molar-refractivity contribution in [1.82, 2.24) is 5.32 Å². The number of hydrogen-bond acceptors (Lipinski definition) is 5. The quantitative estimate of drug-likeness (QED) is 0.126. The Hall–Kier alpha value is -5.03. The molecule has 3 N–H and O–H groups in total. The average molecular weight is 633 g/mol. The van der Waals surface area contributed by atoms with Gasteiger partial charge in [-0.1, -0.05) is 42.5 Å². The minimum Gasteiger partial charge on any atom is -0.378 e. The molecular formula is C34H31F3N4O3S. The van der Waals surface area contributed by atoms with Crippen molar-refractivity contribution in [2.75, 3.05) is 29.6 Å². The first-order chi connectivity index (χ1) is 21.4. The number of carbonyl (C=O) groups is 3. The summed E-state index contributed by atoms with van der Waals surface area (Å²) in [6.45, 7) is 1.63. The summed E-state index contributed by atoms with van der Waals surface area (Å²) in [5.41, 5.74) is 1.67. The van der Waals surface area contributed by atoms with Crippen LogP contribution in [-0.2, 0) is 15.8 Å². The van der Waals surface area contributed by atoms with Crippen molar-refractivity contribution in [1.29, 1.82) is 0 Å². The van der Waals surface area contributed by atoms with Crippen LogP contribution >= 0.6 is 11.8 Å². The molecule has 0 saturated heterocycles. The summed E-state index contributed by atoms with van der Waals surface area (Å²) >= 11 is 1.17. The van der Waals surface area contributed by atoms with E-state index >= 15 is 0 Å². The van der Waals surface area contributed by atoms with Crippen molar-refractivity contribution in [2.24, 2.45) is 0 Å². The molecule has 3 amide bonds. The van der Waals surface area contributed by atoms with Crippen molar-refractivity contribution in [3.8, 4) is 0 Å². The summed E-state index contributed by atoms with van der Waals surface area (Å²) in [7, 11) is 3.83. The fourth-order valence-corrected chi connectivity index (χ4v) is 5.02. The van der Waals surface area contributed by atoms with E-state index in [1.54, 1.807) is 67.6 Å². The SMILES string of the molecule is CC(Sc1cccc(NC(=O)/C(=C\c2ccc(N(C)C)cc2)NC(=O)c2ccccc2)c1)C(=O)Nc1cccc(C(F)(F)F)c1. The number of alkyl halides is 3. The maximum atomic E-state index is 13.4. The lowest BCUT2D eigenvalue weighted by atomic mass is 10.1. The molecule has 1 unspecified atom stereocenters. The van der Waals surface area contributed by atoms with Gasteiger partial charge in [-0.05, 0) is 79.2 Å². The molecule has 232 valence electrons. The van der Waals surface area contributed by atoms with Gasteiger partial charge in [-0.15, -0.1) is 11.8 Å². The van der Waals surface area contributed by atoms with E-state index in [1.807, 2.05) is 43.3 Å². The van der Waals surface area contributed by atoms with Crippen LogP contribution < -0.4 is 20.9 Å². The second-order valence-corrected chi connectivity index (χ2v) is 11.6. The molecule has 4 aromatic rings. The number of amides is 3. The number of thioether (sulfide) groups is 1. The number of rotatable bonds is 10. The standard InChI is InChI=1S/C34H31F3N4O3S/c1-22(31(42)38-26-12-7-11-25(20-26)34(35,36)37)45-29-14-8-13-27(21-29)39-33(44)30(40-32(43)24-9-5-4-6-10-24)19-23-15-17-28(18-16-23)41(2)3/h4-22H,1-3H3,(H,38,42)(H,39,44)(H,40,43)/b30-19+. The van der Waals surface area contributed by atoms with Gasteiger partial charge in [-0.2, -0.15) is 13.2 Å². The molecule has 0 aromatic heterocycles. The average Bonchev–Trinajstić information content (AvgIpc) is 3.01. The maximum absolute atomic E-state index is 13.4. The Bertz CT molecular complexity index is 1690. The van der Waals surface area contributed by atoms with Crippen LogP contribution in [0.15, 0.2) is 114 Å². The molecule has 4 aromatic carbocycles. The van der Waals surface area contributed by atoms with Gasteiger partial charge in [0.25, 0.3) is 11.8 Å². The van der Waals surface area contributed by atoms with Crippen LogP contribution in [-0.4, -0.2) is 37.1 Å². The third-order valence-electron chi connectivity index (χ3n) is 6.48. The number of hydrogen-bond donors (Lipinski definition) is 3. The lowest BCUT2D eigenvalue weighted by Crippen LogP contribution is -2.30. The Morgan fingerprint density at radius 2 is 1.44 bits per heavy atom. The van der Waals surface area contributed by atoms with Crippen molar-refractivity contribution in [2.45, 2.75) is 23.2 Å². The van der Waals surface area contributed by atoms with Crippen LogP contribution in [0, 0.1) is 0 Å². The third-order valence-corrected chi connectivity index (χ3v) is 7.57. The molecule has 0 aliphatic carbocycles. The van der Waals surface area contributed by atoms with E-state index < -0.39 is 34.7 Å². The summed E-state index contributed by atoms with van der Waals surface area (Å²) in [5, 5.41) is 7.36. The van der Waals surface area contributed by atoms with E-state index in [2.05, 4.69) is 16.0 Å². The van der Waals surface area contributed by atoms with E-state index in [4.69, 9.17) is 0 Å². The van der Waals surface area contributed by atoms with E-state index in [9.17, 15) is 27.6 Å². The molecule has 0 bridgehead atoms. The largest absolute Gasteiger partial charge is 0.416 e. The minimum absolute atomic E-state index is 0.0216. The van der Waals surface area contributed by atoms with Crippen LogP contribution in [0.2, 0.25) is 0 Å². The molecule has 0 saturated carbocycles. The summed E-state index contributed by atoms with van der Waals surface area (Å²) in [5.74, 6) is -1.50. The van der Waals surface area contributed by atoms with Crippen LogP contribution in [0.1, 0.15) is 28.4 Å². The summed E-state index contributed by atoms with van der Waals surface area (Å²) in [4.78, 5) is 41.7. The molecule has 7 nitrogen and oxygen atoms in total. The van der Waals surface area contributed by atoms with Crippen molar-refractivity contribution in [3.63, 3.8) is 0 Å². The Balaban J connectivity index is 1.48. The normalized spacial score (nSPS) is 12.2. The Kier molecular flexibility index (Phi) is 10.7. The van der Waals surface area contributed by atoms with Crippen molar-refractivity contribution >= 4 is 52.6 Å². The highest BCUT2D eigenvalue weighted by Crippen LogP contribution is 2.31. The van der Waals surface area contributed by atoms with E-state index in [0.717, 1.165) is 17.8 Å². The van der Waals surface area contributed by atoms with E-state index in [0.29, 0.717) is 21.7 Å². The highest BCUT2D eigenvalue weighted by atomic mass is 32.2. The minimum atomic E-state index is -4.53. The van der Waals surface area contributed by atoms with Crippen molar-refractivity contribution in [3.05, 3.63) is 126 Å². The van der Waals surface area contributed by atoms with Gasteiger partial charge in [0.1, 0.15) is 5.70 Å². The topological polar surface area (TPSA) is 90.5 Å². The molecule has 1 atom stereocenters. The molecule has 0 heterocycles. The molecule has 45 heavy (non-hydrogen) atoms. The predicted molar refractivity (Wildman–Crippen MR) is 173 cm³/mol. The summed E-state index contributed by atoms with van der Waals surface area (Å²) < 4.78 is 39.1. The van der Waals surface area contributed by atoms with Gasteiger partial charge >= 0.3 is 6.18 Å². The highest BCUT2D eigenvalue weighted by Gasteiger charge is 2.30. The molecular weight excluding hydrogens is 601 g/mol. The van der Waals surface area contributed by atoms with Gasteiger partial charge < -0.3 is 20.9 Å².